The smallest absolute Gasteiger partial charge is 0.323 e. The number of carboxylic acid groups (broad SMARTS) is 1. The number of imide groups is 1. The monoisotopic (exact) mass is 235 g/mol. The molecule has 0 unspecified atom stereocenters. The van der Waals surface area contributed by atoms with Gasteiger partial charge in [-0.1, -0.05) is 17.7 Å². The molecular weight excluding hydrogens is 222 g/mol. The molecule has 0 spiro atoms. The van der Waals surface area contributed by atoms with Crippen molar-refractivity contribution in [3.05, 3.63) is 35.4 Å². The Bertz CT molecular complexity index is 467. The summed E-state index contributed by atoms with van der Waals surface area (Å²) in [4.78, 5) is 34.4. The van der Waals surface area contributed by atoms with Crippen LogP contribution in [0.5, 0.6) is 0 Å². The molecule has 0 aliphatic heterocycles. The van der Waals surface area contributed by atoms with Gasteiger partial charge < -0.3 is 5.11 Å². The average molecular weight is 235 g/mol. The molecule has 0 radical (unpaired) electrons. The first-order valence-corrected chi connectivity index (χ1v) is 5.02. The second kappa shape index (κ2) is 5.25. The van der Waals surface area contributed by atoms with E-state index in [1.165, 1.54) is 0 Å². The van der Waals surface area contributed by atoms with Gasteiger partial charge in [-0.15, -0.1) is 0 Å². The van der Waals surface area contributed by atoms with Crippen LogP contribution in [0.2, 0.25) is 0 Å². The summed E-state index contributed by atoms with van der Waals surface area (Å²) in [6, 6.07) is 6.65. The summed E-state index contributed by atoms with van der Waals surface area (Å²) in [6.07, 6.45) is 0. The molecule has 2 amide bonds. The Kier molecular flexibility index (Phi) is 3.98. The van der Waals surface area contributed by atoms with Crippen molar-refractivity contribution in [2.75, 3.05) is 6.54 Å². The molecule has 0 aliphatic carbocycles. The number of nitrogens with zero attached hydrogens (tertiary/aromatic N) is 1. The number of aryl methyl sites for hydroxylation is 1. The molecule has 0 bridgehead atoms. The SMILES string of the molecule is CC(=O)N(CC(=O)O)C(=O)c1cccc(C)c1. The molecule has 0 heterocycles. The summed E-state index contributed by atoms with van der Waals surface area (Å²) in [5, 5.41) is 8.64. The third-order valence-electron chi connectivity index (χ3n) is 2.18. The Hall–Kier alpha value is -2.17. The van der Waals surface area contributed by atoms with Crippen LogP contribution in [0.3, 0.4) is 0 Å². The van der Waals surface area contributed by atoms with E-state index in [0.717, 1.165) is 12.5 Å². The van der Waals surface area contributed by atoms with Gasteiger partial charge >= 0.3 is 5.97 Å². The fourth-order valence-corrected chi connectivity index (χ4v) is 1.40. The molecule has 5 nitrogen and oxygen atoms in total. The fraction of sp³-hybridized carbons (Fsp3) is 0.250. The van der Waals surface area contributed by atoms with E-state index in [9.17, 15) is 14.4 Å². The molecule has 17 heavy (non-hydrogen) atoms. The second-order valence-electron chi connectivity index (χ2n) is 3.67. The zero-order valence-corrected chi connectivity index (χ0v) is 9.64. The normalized spacial score (nSPS) is 9.76. The molecule has 1 N–H and O–H groups in total. The molecule has 0 saturated heterocycles. The summed E-state index contributed by atoms with van der Waals surface area (Å²) >= 11 is 0. The third-order valence-corrected chi connectivity index (χ3v) is 2.18. The highest BCUT2D eigenvalue weighted by atomic mass is 16.4. The molecule has 90 valence electrons. The van der Waals surface area contributed by atoms with Gasteiger partial charge in [-0.2, -0.15) is 0 Å². The average Bonchev–Trinajstić information content (AvgIpc) is 2.24. The number of carbonyl (C=O) groups excluding carboxylic acids is 2. The lowest BCUT2D eigenvalue weighted by Gasteiger charge is -2.16. The molecule has 1 aromatic rings. The molecule has 1 rings (SSSR count). The molecule has 0 aliphatic rings. The second-order valence-corrected chi connectivity index (χ2v) is 3.67. The summed E-state index contributed by atoms with van der Waals surface area (Å²) in [7, 11) is 0. The lowest BCUT2D eigenvalue weighted by atomic mass is 10.1. The van der Waals surface area contributed by atoms with Gasteiger partial charge in [0.2, 0.25) is 5.91 Å². The van der Waals surface area contributed by atoms with Crippen molar-refractivity contribution in [3.8, 4) is 0 Å². The van der Waals surface area contributed by atoms with Crippen LogP contribution in [0.1, 0.15) is 22.8 Å². The van der Waals surface area contributed by atoms with Crippen molar-refractivity contribution >= 4 is 17.8 Å². The van der Waals surface area contributed by atoms with Crippen LogP contribution in [0.15, 0.2) is 24.3 Å². The van der Waals surface area contributed by atoms with E-state index >= 15 is 0 Å². The number of amides is 2. The van der Waals surface area contributed by atoms with Crippen molar-refractivity contribution < 1.29 is 19.5 Å². The number of carbonyl (C=O) groups is 3. The minimum Gasteiger partial charge on any atom is -0.480 e. The van der Waals surface area contributed by atoms with E-state index in [0.29, 0.717) is 10.5 Å². The van der Waals surface area contributed by atoms with E-state index < -0.39 is 24.3 Å². The van der Waals surface area contributed by atoms with Crippen molar-refractivity contribution in [3.63, 3.8) is 0 Å². The minimum atomic E-state index is -1.22. The first-order chi connectivity index (χ1) is 7.91. The van der Waals surface area contributed by atoms with Crippen molar-refractivity contribution in [1.29, 1.82) is 0 Å². The van der Waals surface area contributed by atoms with E-state index in [1.54, 1.807) is 18.2 Å². The molecule has 1 aromatic carbocycles. The summed E-state index contributed by atoms with van der Waals surface area (Å²) < 4.78 is 0. The van der Waals surface area contributed by atoms with Gasteiger partial charge in [0.05, 0.1) is 0 Å². The topological polar surface area (TPSA) is 74.7 Å². The highest BCUT2D eigenvalue weighted by Gasteiger charge is 2.22. The Morgan fingerprint density at radius 1 is 1.29 bits per heavy atom. The largest absolute Gasteiger partial charge is 0.480 e. The Balaban J connectivity index is 3.00. The van der Waals surface area contributed by atoms with Gasteiger partial charge in [-0.3, -0.25) is 19.3 Å². The van der Waals surface area contributed by atoms with Crippen LogP contribution in [0.4, 0.5) is 0 Å². The van der Waals surface area contributed by atoms with Gasteiger partial charge in [-0.05, 0) is 19.1 Å². The van der Waals surface area contributed by atoms with Gasteiger partial charge in [0.1, 0.15) is 6.54 Å². The van der Waals surface area contributed by atoms with Crippen LogP contribution >= 0.6 is 0 Å². The van der Waals surface area contributed by atoms with Gasteiger partial charge in [0.25, 0.3) is 5.91 Å². The third kappa shape index (κ3) is 3.41. The first kappa shape index (κ1) is 12.9. The maximum Gasteiger partial charge on any atom is 0.323 e. The van der Waals surface area contributed by atoms with Crippen LogP contribution in [0, 0.1) is 6.92 Å². The van der Waals surface area contributed by atoms with E-state index in [-0.39, 0.29) is 0 Å². The predicted octanol–water partition coefficient (Wildman–Crippen LogP) is 1.07. The quantitative estimate of drug-likeness (QED) is 0.850. The fourth-order valence-electron chi connectivity index (χ4n) is 1.40. The number of rotatable bonds is 3. The highest BCUT2D eigenvalue weighted by Crippen LogP contribution is 2.08. The molecule has 0 saturated carbocycles. The Morgan fingerprint density at radius 3 is 2.41 bits per heavy atom. The number of carboxylic acids is 1. The van der Waals surface area contributed by atoms with E-state index in [4.69, 9.17) is 5.11 Å². The number of hydrogen-bond donors (Lipinski definition) is 1. The zero-order chi connectivity index (χ0) is 13.0. The summed E-state index contributed by atoms with van der Waals surface area (Å²) in [5.41, 5.74) is 1.18. The minimum absolute atomic E-state index is 0.307. The molecule has 0 fully saturated rings. The van der Waals surface area contributed by atoms with E-state index in [1.807, 2.05) is 13.0 Å². The van der Waals surface area contributed by atoms with Gasteiger partial charge in [-0.25, -0.2) is 0 Å². The standard InChI is InChI=1S/C12H13NO4/c1-8-4-3-5-10(6-8)12(17)13(9(2)14)7-11(15)16/h3-6H,7H2,1-2H3,(H,15,16). The Morgan fingerprint density at radius 2 is 1.94 bits per heavy atom. The zero-order valence-electron chi connectivity index (χ0n) is 9.64. The van der Waals surface area contributed by atoms with Gasteiger partial charge in [0.15, 0.2) is 0 Å². The number of aliphatic carboxylic acids is 1. The van der Waals surface area contributed by atoms with Crippen LogP contribution in [0.25, 0.3) is 0 Å². The van der Waals surface area contributed by atoms with Gasteiger partial charge in [0, 0.05) is 12.5 Å². The highest BCUT2D eigenvalue weighted by molar-refractivity contribution is 6.05. The first-order valence-electron chi connectivity index (χ1n) is 5.02. The van der Waals surface area contributed by atoms with E-state index in [2.05, 4.69) is 0 Å². The number of hydrogen-bond acceptors (Lipinski definition) is 3. The maximum absolute atomic E-state index is 11.9. The molecule has 0 atom stereocenters. The van der Waals surface area contributed by atoms with Crippen molar-refractivity contribution in [1.82, 2.24) is 4.90 Å². The molecule has 0 aromatic heterocycles. The lowest BCUT2D eigenvalue weighted by molar-refractivity contribution is -0.142. The van der Waals surface area contributed by atoms with Crippen LogP contribution in [-0.4, -0.2) is 34.3 Å². The van der Waals surface area contributed by atoms with Crippen molar-refractivity contribution in [2.45, 2.75) is 13.8 Å². The Labute approximate surface area is 98.7 Å². The summed E-state index contributed by atoms with van der Waals surface area (Å²) in [5.74, 6) is -2.40. The van der Waals surface area contributed by atoms with Crippen LogP contribution < -0.4 is 0 Å². The maximum atomic E-state index is 11.9. The predicted molar refractivity (Wildman–Crippen MR) is 60.5 cm³/mol. The molecular formula is C12H13NO4. The van der Waals surface area contributed by atoms with Crippen LogP contribution in [-0.2, 0) is 9.59 Å². The van der Waals surface area contributed by atoms with Crippen molar-refractivity contribution in [2.24, 2.45) is 0 Å². The number of benzene rings is 1. The molecule has 5 heteroatoms. The lowest BCUT2D eigenvalue weighted by Crippen LogP contribution is -2.39. The summed E-state index contributed by atoms with van der Waals surface area (Å²) in [6.45, 7) is 2.35.